The van der Waals surface area contributed by atoms with Crippen molar-refractivity contribution >= 4 is 8.07 Å². The summed E-state index contributed by atoms with van der Waals surface area (Å²) in [5, 5.41) is 0. The number of hydrogen-bond donors (Lipinski definition) is 0. The monoisotopic (exact) mass is 490 g/mol. The number of benzene rings is 2. The van der Waals surface area contributed by atoms with Crippen molar-refractivity contribution in [3.63, 3.8) is 0 Å². The van der Waals surface area contributed by atoms with Gasteiger partial charge in [-0.15, -0.1) is 0 Å². The van der Waals surface area contributed by atoms with Gasteiger partial charge in [-0.3, -0.25) is 0 Å². The van der Waals surface area contributed by atoms with Crippen LogP contribution in [0.15, 0.2) is 97.1 Å². The third kappa shape index (κ3) is 3.95. The Morgan fingerprint density at radius 1 is 0.556 bits per heavy atom. The zero-order valence-electron chi connectivity index (χ0n) is 22.2. The highest BCUT2D eigenvalue weighted by molar-refractivity contribution is 6.81. The van der Waals surface area contributed by atoms with Gasteiger partial charge in [-0.25, -0.2) is 0 Å². The summed E-state index contributed by atoms with van der Waals surface area (Å²) in [6.07, 6.45) is 27.8. The summed E-state index contributed by atoms with van der Waals surface area (Å²) in [5.74, 6) is 2.36. The fourth-order valence-electron chi connectivity index (χ4n) is 8.50. The van der Waals surface area contributed by atoms with E-state index in [0.717, 1.165) is 0 Å². The van der Waals surface area contributed by atoms with E-state index in [4.69, 9.17) is 0 Å². The van der Waals surface area contributed by atoms with Crippen LogP contribution in [0.3, 0.4) is 0 Å². The molecule has 2 aromatic carbocycles. The third-order valence-electron chi connectivity index (χ3n) is 10.00. The molecule has 0 spiro atoms. The predicted molar refractivity (Wildman–Crippen MR) is 157 cm³/mol. The van der Waals surface area contributed by atoms with E-state index >= 15 is 0 Å². The molecule has 0 amide bonds. The van der Waals surface area contributed by atoms with Crippen LogP contribution in [0, 0.1) is 11.8 Å². The van der Waals surface area contributed by atoms with Gasteiger partial charge in [-0.2, -0.15) is 0 Å². The first-order valence-electron chi connectivity index (χ1n) is 14.6. The molecule has 1 heteroatoms. The van der Waals surface area contributed by atoms with Gasteiger partial charge in [-0.05, 0) is 45.2 Å². The van der Waals surface area contributed by atoms with E-state index < -0.39 is 8.07 Å². The molecule has 6 rings (SSSR count). The zero-order chi connectivity index (χ0) is 24.5. The average molecular weight is 491 g/mol. The molecule has 0 saturated carbocycles. The molecule has 4 aliphatic carbocycles. The standard InChI is InChI=1S/C35H42Si/c1-3-4-5-6-7-16-25-36(2,34-30-21-12-8-17-26(30)27-18-9-13-22-31(27)34)35-32-23-14-10-19-28(32)29-20-11-15-24-33(29)35/h8-15,17-24,26,28,30,32,34-35H,3-7,16,25H2,1-2H3. The van der Waals surface area contributed by atoms with Gasteiger partial charge in [0.25, 0.3) is 0 Å². The van der Waals surface area contributed by atoms with Gasteiger partial charge in [0.2, 0.25) is 0 Å². The van der Waals surface area contributed by atoms with Crippen LogP contribution in [-0.2, 0) is 0 Å². The van der Waals surface area contributed by atoms with E-state index in [9.17, 15) is 0 Å². The smallest absolute Gasteiger partial charge is 0.0673 e. The Kier molecular flexibility index (Phi) is 6.78. The highest BCUT2D eigenvalue weighted by Crippen LogP contribution is 2.62. The molecular formula is C35H42Si. The van der Waals surface area contributed by atoms with Crippen molar-refractivity contribution in [2.75, 3.05) is 0 Å². The molecule has 0 N–H and O–H groups in total. The summed E-state index contributed by atoms with van der Waals surface area (Å²) in [6.45, 7) is 5.15. The van der Waals surface area contributed by atoms with Crippen molar-refractivity contribution in [1.82, 2.24) is 0 Å². The summed E-state index contributed by atoms with van der Waals surface area (Å²) >= 11 is 0. The van der Waals surface area contributed by atoms with Crippen LogP contribution >= 0.6 is 0 Å². The van der Waals surface area contributed by atoms with E-state index in [1.807, 2.05) is 0 Å². The van der Waals surface area contributed by atoms with Gasteiger partial charge in [-0.1, -0.05) is 155 Å². The molecule has 4 aliphatic rings. The summed E-state index contributed by atoms with van der Waals surface area (Å²) in [6, 6.07) is 20.5. The van der Waals surface area contributed by atoms with Crippen LogP contribution in [-0.4, -0.2) is 8.07 Å². The second kappa shape index (κ2) is 10.2. The Hall–Kier alpha value is -2.38. The zero-order valence-corrected chi connectivity index (χ0v) is 23.2. The van der Waals surface area contributed by atoms with E-state index in [2.05, 4.69) is 111 Å². The van der Waals surface area contributed by atoms with Crippen LogP contribution < -0.4 is 0 Å². The lowest BCUT2D eigenvalue weighted by Gasteiger charge is -2.45. The van der Waals surface area contributed by atoms with Crippen molar-refractivity contribution in [1.29, 1.82) is 0 Å². The van der Waals surface area contributed by atoms with E-state index in [1.165, 1.54) is 44.6 Å². The number of hydrogen-bond acceptors (Lipinski definition) is 0. The Bertz CT molecular complexity index is 1110. The van der Waals surface area contributed by atoms with Crippen LogP contribution in [0.1, 0.15) is 90.6 Å². The molecule has 0 fully saturated rings. The second-order valence-corrected chi connectivity index (χ2v) is 16.7. The molecule has 0 radical (unpaired) electrons. The lowest BCUT2D eigenvalue weighted by Crippen LogP contribution is -2.48. The third-order valence-corrected chi connectivity index (χ3v) is 15.7. The van der Waals surface area contributed by atoms with Crippen molar-refractivity contribution in [3.8, 4) is 0 Å². The predicted octanol–water partition coefficient (Wildman–Crippen LogP) is 9.75. The Labute approximate surface area is 219 Å². The molecule has 186 valence electrons. The Morgan fingerprint density at radius 2 is 1.00 bits per heavy atom. The molecule has 0 nitrogen and oxygen atoms in total. The molecule has 0 aromatic heterocycles. The molecular weight excluding hydrogens is 448 g/mol. The molecule has 6 unspecified atom stereocenters. The van der Waals surface area contributed by atoms with Crippen molar-refractivity contribution < 1.29 is 0 Å². The van der Waals surface area contributed by atoms with Gasteiger partial charge in [0.15, 0.2) is 0 Å². The SMILES string of the molecule is CCCCCCCC[Si](C)(C1c2ccccc2C2C=CC=CC21)C1c2ccccc2C2C=CC=CC21. The number of unbranched alkanes of at least 4 members (excludes halogenated alkanes) is 5. The van der Waals surface area contributed by atoms with Gasteiger partial charge in [0.1, 0.15) is 0 Å². The largest absolute Gasteiger partial charge is 0.0802 e. The molecule has 0 heterocycles. The highest BCUT2D eigenvalue weighted by Gasteiger charge is 2.57. The minimum absolute atomic E-state index is 0.557. The van der Waals surface area contributed by atoms with E-state index in [1.54, 1.807) is 22.3 Å². The van der Waals surface area contributed by atoms with Crippen molar-refractivity contribution in [2.24, 2.45) is 11.8 Å². The molecule has 6 atom stereocenters. The number of fused-ring (bicyclic) bond motifs is 6. The van der Waals surface area contributed by atoms with Crippen molar-refractivity contribution in [2.45, 2.75) is 81.0 Å². The quantitative estimate of drug-likeness (QED) is 0.242. The van der Waals surface area contributed by atoms with Gasteiger partial charge >= 0.3 is 0 Å². The van der Waals surface area contributed by atoms with Crippen LogP contribution in [0.4, 0.5) is 0 Å². The van der Waals surface area contributed by atoms with Gasteiger partial charge < -0.3 is 0 Å². The van der Waals surface area contributed by atoms with Crippen molar-refractivity contribution in [3.05, 3.63) is 119 Å². The minimum atomic E-state index is -1.84. The average Bonchev–Trinajstić information content (AvgIpc) is 3.45. The lowest BCUT2D eigenvalue weighted by atomic mass is 9.88. The first-order valence-corrected chi connectivity index (χ1v) is 17.5. The highest BCUT2D eigenvalue weighted by atomic mass is 28.3. The second-order valence-electron chi connectivity index (χ2n) is 12.0. The lowest BCUT2D eigenvalue weighted by molar-refractivity contribution is 0.542. The Balaban J connectivity index is 1.43. The fraction of sp³-hybridized carbons (Fsp3) is 0.429. The summed E-state index contributed by atoms with van der Waals surface area (Å²) in [4.78, 5) is 0. The normalized spacial score (nSPS) is 30.5. The van der Waals surface area contributed by atoms with E-state index in [-0.39, 0.29) is 0 Å². The summed E-state index contributed by atoms with van der Waals surface area (Å²) in [5.41, 5.74) is 7.95. The van der Waals surface area contributed by atoms with E-state index in [0.29, 0.717) is 34.8 Å². The van der Waals surface area contributed by atoms with Crippen LogP contribution in [0.2, 0.25) is 12.6 Å². The summed E-state index contributed by atoms with van der Waals surface area (Å²) < 4.78 is 0. The maximum atomic E-state index is 2.82. The first-order chi connectivity index (χ1) is 17.7. The topological polar surface area (TPSA) is 0 Å². The number of allylic oxidation sites excluding steroid dienone is 8. The molecule has 36 heavy (non-hydrogen) atoms. The maximum absolute atomic E-state index is 2.82. The summed E-state index contributed by atoms with van der Waals surface area (Å²) in [7, 11) is -1.84. The van der Waals surface area contributed by atoms with Crippen LogP contribution in [0.5, 0.6) is 0 Å². The minimum Gasteiger partial charge on any atom is -0.0802 e. The molecule has 0 bridgehead atoms. The number of rotatable bonds is 9. The molecule has 0 aliphatic heterocycles. The fourth-order valence-corrected chi connectivity index (χ4v) is 14.9. The maximum Gasteiger partial charge on any atom is 0.0673 e. The molecule has 2 aromatic rings. The first kappa shape index (κ1) is 24.0. The van der Waals surface area contributed by atoms with Gasteiger partial charge in [0, 0.05) is 11.8 Å². The molecule has 0 saturated heterocycles. The van der Waals surface area contributed by atoms with Gasteiger partial charge in [0.05, 0.1) is 8.07 Å². The Morgan fingerprint density at radius 3 is 1.53 bits per heavy atom. The van der Waals surface area contributed by atoms with Crippen LogP contribution in [0.25, 0.3) is 0 Å².